The number of nitrogens with zero attached hydrogens (tertiary/aromatic N) is 1. The first kappa shape index (κ1) is 11.5. The highest BCUT2D eigenvalue weighted by Gasteiger charge is 2.20. The summed E-state index contributed by atoms with van der Waals surface area (Å²) in [5.41, 5.74) is 0. The number of carboxylic acids is 1. The van der Waals surface area contributed by atoms with Crippen molar-refractivity contribution in [3.63, 3.8) is 0 Å². The van der Waals surface area contributed by atoms with E-state index in [9.17, 15) is 4.79 Å². The monoisotopic (exact) mass is 201 g/mol. The zero-order valence-corrected chi connectivity index (χ0v) is 8.90. The maximum Gasteiger partial charge on any atom is 0.320 e. The highest BCUT2D eigenvalue weighted by atomic mass is 16.5. The third kappa shape index (κ3) is 3.27. The molecule has 0 saturated carbocycles. The molecule has 0 aromatic heterocycles. The highest BCUT2D eigenvalue weighted by Crippen LogP contribution is 2.15. The summed E-state index contributed by atoms with van der Waals surface area (Å²) in [7, 11) is 1.84. The summed E-state index contributed by atoms with van der Waals surface area (Å²) in [6.45, 7) is 3.36. The molecule has 1 fully saturated rings. The number of ether oxygens (including phenoxy) is 1. The lowest BCUT2D eigenvalue weighted by Gasteiger charge is -2.22. The Balaban J connectivity index is 2.19. The van der Waals surface area contributed by atoms with E-state index in [4.69, 9.17) is 9.84 Å². The normalized spacial score (nSPS) is 24.1. The topological polar surface area (TPSA) is 49.8 Å². The van der Waals surface area contributed by atoms with Crippen LogP contribution in [0.5, 0.6) is 0 Å². The van der Waals surface area contributed by atoms with Gasteiger partial charge in [-0.05, 0) is 33.2 Å². The van der Waals surface area contributed by atoms with Gasteiger partial charge in [0.25, 0.3) is 0 Å². The molecule has 0 amide bonds. The van der Waals surface area contributed by atoms with Gasteiger partial charge in [0.05, 0.1) is 6.10 Å². The van der Waals surface area contributed by atoms with Gasteiger partial charge < -0.3 is 9.84 Å². The minimum atomic E-state index is -0.764. The lowest BCUT2D eigenvalue weighted by atomic mass is 10.1. The molecule has 0 aliphatic carbocycles. The van der Waals surface area contributed by atoms with E-state index in [0.717, 1.165) is 32.4 Å². The van der Waals surface area contributed by atoms with Gasteiger partial charge in [0.15, 0.2) is 0 Å². The minimum Gasteiger partial charge on any atom is -0.480 e. The molecule has 4 nitrogen and oxygen atoms in total. The van der Waals surface area contributed by atoms with E-state index in [2.05, 4.69) is 0 Å². The van der Waals surface area contributed by atoms with Gasteiger partial charge in [0, 0.05) is 13.2 Å². The standard InChI is InChI=1S/C10H19NO3/c1-8(10(12)13)11(2)6-5-9-4-3-7-14-9/h8-9H,3-7H2,1-2H3,(H,12,13). The number of hydrogen-bond acceptors (Lipinski definition) is 3. The number of hydrogen-bond donors (Lipinski definition) is 1. The van der Waals surface area contributed by atoms with Crippen molar-refractivity contribution >= 4 is 5.97 Å². The van der Waals surface area contributed by atoms with Crippen LogP contribution in [0.2, 0.25) is 0 Å². The first-order valence-electron chi connectivity index (χ1n) is 5.16. The molecule has 82 valence electrons. The van der Waals surface area contributed by atoms with Crippen LogP contribution in [-0.2, 0) is 9.53 Å². The van der Waals surface area contributed by atoms with Crippen LogP contribution in [0, 0.1) is 0 Å². The van der Waals surface area contributed by atoms with Gasteiger partial charge in [-0.3, -0.25) is 9.69 Å². The van der Waals surface area contributed by atoms with Crippen LogP contribution in [-0.4, -0.2) is 48.3 Å². The fraction of sp³-hybridized carbons (Fsp3) is 0.900. The highest BCUT2D eigenvalue weighted by molar-refractivity contribution is 5.72. The molecule has 1 aliphatic rings. The van der Waals surface area contributed by atoms with Crippen LogP contribution >= 0.6 is 0 Å². The molecular weight excluding hydrogens is 182 g/mol. The van der Waals surface area contributed by atoms with Crippen molar-refractivity contribution < 1.29 is 14.6 Å². The van der Waals surface area contributed by atoms with E-state index in [0.29, 0.717) is 6.10 Å². The molecule has 14 heavy (non-hydrogen) atoms. The number of carbonyl (C=O) groups is 1. The summed E-state index contributed by atoms with van der Waals surface area (Å²) in [6, 6.07) is -0.406. The van der Waals surface area contributed by atoms with Crippen molar-refractivity contribution in [3.05, 3.63) is 0 Å². The first-order chi connectivity index (χ1) is 6.61. The molecule has 0 aromatic carbocycles. The van der Waals surface area contributed by atoms with E-state index in [1.807, 2.05) is 11.9 Å². The van der Waals surface area contributed by atoms with Crippen LogP contribution in [0.15, 0.2) is 0 Å². The Hall–Kier alpha value is -0.610. The Morgan fingerprint density at radius 3 is 2.93 bits per heavy atom. The summed E-state index contributed by atoms with van der Waals surface area (Å²) >= 11 is 0. The van der Waals surface area contributed by atoms with E-state index in [1.54, 1.807) is 6.92 Å². The first-order valence-corrected chi connectivity index (χ1v) is 5.16. The quantitative estimate of drug-likeness (QED) is 0.719. The van der Waals surface area contributed by atoms with Gasteiger partial charge in [-0.25, -0.2) is 0 Å². The third-order valence-electron chi connectivity index (χ3n) is 2.85. The molecule has 2 unspecified atom stereocenters. The Kier molecular flexibility index (Phi) is 4.35. The summed E-state index contributed by atoms with van der Waals surface area (Å²) in [5.74, 6) is -0.764. The van der Waals surface area contributed by atoms with E-state index < -0.39 is 12.0 Å². The molecule has 1 rings (SSSR count). The van der Waals surface area contributed by atoms with Crippen LogP contribution in [0.4, 0.5) is 0 Å². The Labute approximate surface area is 84.8 Å². The molecule has 1 saturated heterocycles. The molecular formula is C10H19NO3. The van der Waals surface area contributed by atoms with Gasteiger partial charge in [0.1, 0.15) is 6.04 Å². The number of likely N-dealkylation sites (N-methyl/N-ethyl adjacent to an activating group) is 1. The molecule has 0 spiro atoms. The average molecular weight is 201 g/mol. The van der Waals surface area contributed by atoms with Gasteiger partial charge in [-0.2, -0.15) is 0 Å². The van der Waals surface area contributed by atoms with Crippen LogP contribution in [0.1, 0.15) is 26.2 Å². The Morgan fingerprint density at radius 2 is 2.43 bits per heavy atom. The van der Waals surface area contributed by atoms with Crippen molar-refractivity contribution in [1.82, 2.24) is 4.90 Å². The van der Waals surface area contributed by atoms with Gasteiger partial charge in [-0.1, -0.05) is 0 Å². The number of carboxylic acid groups (broad SMARTS) is 1. The number of aliphatic carboxylic acids is 1. The predicted molar refractivity (Wildman–Crippen MR) is 53.3 cm³/mol. The zero-order valence-electron chi connectivity index (χ0n) is 8.90. The second kappa shape index (κ2) is 5.32. The zero-order chi connectivity index (χ0) is 10.6. The van der Waals surface area contributed by atoms with Crippen molar-refractivity contribution in [3.8, 4) is 0 Å². The summed E-state index contributed by atoms with van der Waals surface area (Å²) in [5, 5.41) is 8.77. The van der Waals surface area contributed by atoms with E-state index in [1.165, 1.54) is 0 Å². The lowest BCUT2D eigenvalue weighted by Crippen LogP contribution is -2.37. The fourth-order valence-corrected chi connectivity index (χ4v) is 1.60. The van der Waals surface area contributed by atoms with Gasteiger partial charge >= 0.3 is 5.97 Å². The minimum absolute atomic E-state index is 0.346. The van der Waals surface area contributed by atoms with Crippen molar-refractivity contribution in [2.45, 2.75) is 38.3 Å². The van der Waals surface area contributed by atoms with Gasteiger partial charge in [0.2, 0.25) is 0 Å². The Bertz CT molecular complexity index is 190. The Morgan fingerprint density at radius 1 is 1.71 bits per heavy atom. The van der Waals surface area contributed by atoms with Crippen molar-refractivity contribution in [2.24, 2.45) is 0 Å². The number of rotatable bonds is 5. The smallest absolute Gasteiger partial charge is 0.320 e. The van der Waals surface area contributed by atoms with E-state index >= 15 is 0 Å². The van der Waals surface area contributed by atoms with Crippen molar-refractivity contribution in [1.29, 1.82) is 0 Å². The largest absolute Gasteiger partial charge is 0.480 e. The predicted octanol–water partition coefficient (Wildman–Crippen LogP) is 0.960. The molecule has 0 radical (unpaired) electrons. The molecule has 1 aliphatic heterocycles. The molecule has 0 bridgehead atoms. The second-order valence-corrected chi connectivity index (χ2v) is 3.92. The molecule has 1 N–H and O–H groups in total. The lowest BCUT2D eigenvalue weighted by molar-refractivity contribution is -0.142. The summed E-state index contributed by atoms with van der Waals surface area (Å²) in [4.78, 5) is 12.5. The second-order valence-electron chi connectivity index (χ2n) is 3.92. The fourth-order valence-electron chi connectivity index (χ4n) is 1.60. The molecule has 1 heterocycles. The van der Waals surface area contributed by atoms with Crippen LogP contribution in [0.3, 0.4) is 0 Å². The maximum absolute atomic E-state index is 10.7. The molecule has 4 heteroatoms. The summed E-state index contributed by atoms with van der Waals surface area (Å²) < 4.78 is 5.47. The van der Waals surface area contributed by atoms with Crippen LogP contribution < -0.4 is 0 Å². The molecule has 2 atom stereocenters. The average Bonchev–Trinajstić information content (AvgIpc) is 2.65. The third-order valence-corrected chi connectivity index (χ3v) is 2.85. The van der Waals surface area contributed by atoms with E-state index in [-0.39, 0.29) is 0 Å². The molecule has 0 aromatic rings. The SMILES string of the molecule is CC(C(=O)O)N(C)CCC1CCCO1. The summed E-state index contributed by atoms with van der Waals surface area (Å²) in [6.07, 6.45) is 3.55. The van der Waals surface area contributed by atoms with Crippen LogP contribution in [0.25, 0.3) is 0 Å². The maximum atomic E-state index is 10.7. The van der Waals surface area contributed by atoms with Crippen molar-refractivity contribution in [2.75, 3.05) is 20.2 Å². The van der Waals surface area contributed by atoms with Gasteiger partial charge in [-0.15, -0.1) is 0 Å².